The molecule has 1 aromatic carbocycles. The van der Waals surface area contributed by atoms with E-state index in [0.717, 1.165) is 0 Å². The highest BCUT2D eigenvalue weighted by Gasteiger charge is 2.27. The minimum Gasteiger partial charge on any atom is -0.495 e. The Morgan fingerprint density at radius 1 is 1.35 bits per heavy atom. The zero-order chi connectivity index (χ0) is 15.3. The molecule has 2 N–H and O–H groups in total. The van der Waals surface area contributed by atoms with Crippen molar-refractivity contribution in [3.63, 3.8) is 0 Å². The van der Waals surface area contributed by atoms with E-state index < -0.39 is 10.0 Å². The van der Waals surface area contributed by atoms with Crippen LogP contribution in [0.25, 0.3) is 0 Å². The topological polar surface area (TPSA) is 72.6 Å². The summed E-state index contributed by atoms with van der Waals surface area (Å²) in [5.41, 5.74) is 6.08. The van der Waals surface area contributed by atoms with Gasteiger partial charge in [-0.25, -0.2) is 8.42 Å². The third kappa shape index (κ3) is 3.41. The SMILES string of the molecule is C=CCN(CC=C)S(=O)(=O)c1cc(N)c(Br)cc1OC. The monoisotopic (exact) mass is 360 g/mol. The molecule has 0 aliphatic heterocycles. The number of anilines is 1. The van der Waals surface area contributed by atoms with E-state index >= 15 is 0 Å². The van der Waals surface area contributed by atoms with Gasteiger partial charge in [0.1, 0.15) is 10.6 Å². The van der Waals surface area contributed by atoms with E-state index in [1.165, 1.54) is 35.7 Å². The maximum atomic E-state index is 12.6. The van der Waals surface area contributed by atoms with Crippen molar-refractivity contribution in [1.29, 1.82) is 0 Å². The molecule has 0 spiro atoms. The number of sulfonamides is 1. The summed E-state index contributed by atoms with van der Waals surface area (Å²) >= 11 is 3.24. The third-order valence-electron chi connectivity index (χ3n) is 2.57. The Hall–Kier alpha value is -1.31. The number of rotatable bonds is 7. The van der Waals surface area contributed by atoms with Gasteiger partial charge in [0.25, 0.3) is 0 Å². The first-order valence-electron chi connectivity index (χ1n) is 5.73. The van der Waals surface area contributed by atoms with Crippen LogP contribution in [0.15, 0.2) is 46.8 Å². The van der Waals surface area contributed by atoms with Crippen LogP contribution in [0.2, 0.25) is 0 Å². The van der Waals surface area contributed by atoms with Gasteiger partial charge < -0.3 is 10.5 Å². The van der Waals surface area contributed by atoms with Crippen LogP contribution in [0, 0.1) is 0 Å². The summed E-state index contributed by atoms with van der Waals surface area (Å²) in [5, 5.41) is 0. The number of halogens is 1. The number of methoxy groups -OCH3 is 1. The number of hydrogen-bond acceptors (Lipinski definition) is 4. The summed E-state index contributed by atoms with van der Waals surface area (Å²) in [4.78, 5) is 0.0180. The molecular formula is C13H17BrN2O3S. The largest absolute Gasteiger partial charge is 0.495 e. The Kier molecular flexibility index (Phi) is 5.79. The average Bonchev–Trinajstić information content (AvgIpc) is 2.41. The van der Waals surface area contributed by atoms with Crippen molar-refractivity contribution < 1.29 is 13.2 Å². The van der Waals surface area contributed by atoms with Crippen molar-refractivity contribution in [3.8, 4) is 5.75 Å². The first kappa shape index (κ1) is 16.7. The molecular weight excluding hydrogens is 344 g/mol. The van der Waals surface area contributed by atoms with Gasteiger partial charge in [-0.05, 0) is 28.1 Å². The van der Waals surface area contributed by atoms with Crippen LogP contribution < -0.4 is 10.5 Å². The number of nitrogens with two attached hydrogens (primary N) is 1. The van der Waals surface area contributed by atoms with Crippen molar-refractivity contribution in [2.75, 3.05) is 25.9 Å². The zero-order valence-electron chi connectivity index (χ0n) is 11.2. The zero-order valence-corrected chi connectivity index (χ0v) is 13.6. The van der Waals surface area contributed by atoms with Crippen LogP contribution >= 0.6 is 15.9 Å². The first-order valence-corrected chi connectivity index (χ1v) is 7.96. The van der Waals surface area contributed by atoms with Gasteiger partial charge in [0.15, 0.2) is 0 Å². The summed E-state index contributed by atoms with van der Waals surface area (Å²) in [6.07, 6.45) is 3.02. The summed E-state index contributed by atoms with van der Waals surface area (Å²) < 4.78 is 32.2. The molecule has 0 amide bonds. The van der Waals surface area contributed by atoms with Crippen molar-refractivity contribution in [3.05, 3.63) is 41.9 Å². The number of benzene rings is 1. The van der Waals surface area contributed by atoms with Gasteiger partial charge in [-0.3, -0.25) is 0 Å². The van der Waals surface area contributed by atoms with Crippen LogP contribution in [-0.4, -0.2) is 32.9 Å². The van der Waals surface area contributed by atoms with E-state index in [-0.39, 0.29) is 23.7 Å². The molecule has 0 atom stereocenters. The number of ether oxygens (including phenoxy) is 1. The second kappa shape index (κ2) is 6.92. The first-order chi connectivity index (χ1) is 9.38. The van der Waals surface area contributed by atoms with Crippen LogP contribution in [-0.2, 0) is 10.0 Å². The van der Waals surface area contributed by atoms with Crippen LogP contribution in [0.5, 0.6) is 5.75 Å². The molecule has 0 radical (unpaired) electrons. The van der Waals surface area contributed by atoms with Gasteiger partial charge in [-0.15, -0.1) is 13.2 Å². The molecule has 110 valence electrons. The lowest BCUT2D eigenvalue weighted by Gasteiger charge is -2.21. The Morgan fingerprint density at radius 2 is 1.90 bits per heavy atom. The van der Waals surface area contributed by atoms with E-state index in [1.807, 2.05) is 0 Å². The van der Waals surface area contributed by atoms with Gasteiger partial charge in [0.05, 0.1) is 7.11 Å². The molecule has 5 nitrogen and oxygen atoms in total. The van der Waals surface area contributed by atoms with E-state index in [9.17, 15) is 8.42 Å². The van der Waals surface area contributed by atoms with E-state index in [1.54, 1.807) is 0 Å². The summed E-state index contributed by atoms with van der Waals surface area (Å²) in [6, 6.07) is 2.90. The Morgan fingerprint density at radius 3 is 2.35 bits per heavy atom. The van der Waals surface area contributed by atoms with Crippen LogP contribution in [0.4, 0.5) is 5.69 Å². The Bertz CT molecular complexity index is 604. The molecule has 0 aliphatic rings. The van der Waals surface area contributed by atoms with Crippen molar-refractivity contribution in [2.45, 2.75) is 4.90 Å². The van der Waals surface area contributed by atoms with E-state index in [2.05, 4.69) is 29.1 Å². The van der Waals surface area contributed by atoms with Gasteiger partial charge in [-0.2, -0.15) is 4.31 Å². The van der Waals surface area contributed by atoms with E-state index in [0.29, 0.717) is 10.2 Å². The minimum atomic E-state index is -3.74. The number of nitrogen functional groups attached to an aromatic ring is 1. The lowest BCUT2D eigenvalue weighted by Crippen LogP contribution is -2.31. The molecule has 0 bridgehead atoms. The molecule has 0 aliphatic carbocycles. The van der Waals surface area contributed by atoms with Gasteiger partial charge in [0.2, 0.25) is 10.0 Å². The third-order valence-corrected chi connectivity index (χ3v) is 5.11. The van der Waals surface area contributed by atoms with Crippen LogP contribution in [0.3, 0.4) is 0 Å². The molecule has 0 heterocycles. The normalized spacial score (nSPS) is 11.3. The maximum Gasteiger partial charge on any atom is 0.247 e. The maximum absolute atomic E-state index is 12.6. The molecule has 0 saturated heterocycles. The lowest BCUT2D eigenvalue weighted by atomic mass is 10.3. The molecule has 0 aromatic heterocycles. The average molecular weight is 361 g/mol. The van der Waals surface area contributed by atoms with Crippen LogP contribution in [0.1, 0.15) is 0 Å². The quantitative estimate of drug-likeness (QED) is 0.598. The highest BCUT2D eigenvalue weighted by atomic mass is 79.9. The second-order valence-electron chi connectivity index (χ2n) is 3.92. The lowest BCUT2D eigenvalue weighted by molar-refractivity contribution is 0.398. The summed E-state index contributed by atoms with van der Waals surface area (Å²) in [7, 11) is -2.34. The van der Waals surface area contributed by atoms with Gasteiger partial charge >= 0.3 is 0 Å². The smallest absolute Gasteiger partial charge is 0.247 e. The molecule has 7 heteroatoms. The van der Waals surface area contributed by atoms with Crippen molar-refractivity contribution >= 4 is 31.6 Å². The Balaban J connectivity index is 3.43. The van der Waals surface area contributed by atoms with Gasteiger partial charge in [0, 0.05) is 23.2 Å². The summed E-state index contributed by atoms with van der Waals surface area (Å²) in [5.74, 6) is 0.226. The molecule has 1 rings (SSSR count). The molecule has 1 aromatic rings. The molecule has 0 fully saturated rings. The van der Waals surface area contributed by atoms with E-state index in [4.69, 9.17) is 10.5 Å². The number of nitrogens with zero attached hydrogens (tertiary/aromatic N) is 1. The number of hydrogen-bond donors (Lipinski definition) is 1. The second-order valence-corrected chi connectivity index (χ2v) is 6.68. The van der Waals surface area contributed by atoms with Crippen molar-refractivity contribution in [2.24, 2.45) is 0 Å². The molecule has 20 heavy (non-hydrogen) atoms. The minimum absolute atomic E-state index is 0.0180. The highest BCUT2D eigenvalue weighted by molar-refractivity contribution is 9.10. The fourth-order valence-corrected chi connectivity index (χ4v) is 3.49. The fourth-order valence-electron chi connectivity index (χ4n) is 1.61. The van der Waals surface area contributed by atoms with Gasteiger partial charge in [-0.1, -0.05) is 12.2 Å². The Labute approximate surface area is 127 Å². The highest BCUT2D eigenvalue weighted by Crippen LogP contribution is 2.33. The standard InChI is InChI=1S/C13H17BrN2O3S/c1-4-6-16(7-5-2)20(17,18)13-9-11(15)10(14)8-12(13)19-3/h4-5,8-9H,1-2,6-7,15H2,3H3. The molecule has 0 saturated carbocycles. The van der Waals surface area contributed by atoms with Crippen molar-refractivity contribution in [1.82, 2.24) is 4.31 Å². The summed E-state index contributed by atoms with van der Waals surface area (Å²) in [6.45, 7) is 7.47. The predicted octanol–water partition coefficient (Wildman–Crippen LogP) is 2.40. The predicted molar refractivity (Wildman–Crippen MR) is 84.3 cm³/mol. The fraction of sp³-hybridized carbons (Fsp3) is 0.231. The molecule has 0 unspecified atom stereocenters.